The molecule has 1 aliphatic rings. The molecule has 1 N–H and O–H groups in total. The van der Waals surface area contributed by atoms with E-state index in [9.17, 15) is 13.2 Å². The van der Waals surface area contributed by atoms with Crippen LogP contribution in [0.3, 0.4) is 0 Å². The highest BCUT2D eigenvalue weighted by molar-refractivity contribution is 7.92. The van der Waals surface area contributed by atoms with Gasteiger partial charge in [0.25, 0.3) is 0 Å². The molecule has 1 fully saturated rings. The van der Waals surface area contributed by atoms with Crippen LogP contribution in [0.2, 0.25) is 0 Å². The molecule has 0 aliphatic carbocycles. The first-order chi connectivity index (χ1) is 12.7. The van der Waals surface area contributed by atoms with Gasteiger partial charge in [-0.05, 0) is 76.9 Å². The van der Waals surface area contributed by atoms with Crippen LogP contribution >= 0.6 is 0 Å². The molecule has 2 rings (SSSR count). The van der Waals surface area contributed by atoms with Crippen molar-refractivity contribution in [2.24, 2.45) is 0 Å². The monoisotopic (exact) mass is 395 g/mol. The van der Waals surface area contributed by atoms with Crippen LogP contribution in [0.15, 0.2) is 18.2 Å². The molecule has 1 heterocycles. The Morgan fingerprint density at radius 3 is 2.52 bits per heavy atom. The average molecular weight is 396 g/mol. The predicted octanol–water partition coefficient (Wildman–Crippen LogP) is 2.45. The Balaban J connectivity index is 1.99. The van der Waals surface area contributed by atoms with E-state index >= 15 is 0 Å². The smallest absolute Gasteiger partial charge is 0.243 e. The summed E-state index contributed by atoms with van der Waals surface area (Å²) < 4.78 is 26.1. The van der Waals surface area contributed by atoms with Gasteiger partial charge in [-0.1, -0.05) is 18.6 Å². The third kappa shape index (κ3) is 6.21. The lowest BCUT2D eigenvalue weighted by molar-refractivity contribution is -0.121. The van der Waals surface area contributed by atoms with Crippen LogP contribution in [-0.4, -0.2) is 57.7 Å². The quantitative estimate of drug-likeness (QED) is 0.687. The summed E-state index contributed by atoms with van der Waals surface area (Å²) in [6.45, 7) is 9.22. The van der Waals surface area contributed by atoms with E-state index in [0.29, 0.717) is 12.2 Å². The van der Waals surface area contributed by atoms with Crippen LogP contribution in [0.25, 0.3) is 0 Å². The Hall–Kier alpha value is -1.60. The largest absolute Gasteiger partial charge is 0.354 e. The number of piperidine rings is 1. The van der Waals surface area contributed by atoms with Crippen molar-refractivity contribution in [3.8, 4) is 0 Å². The van der Waals surface area contributed by atoms with Crippen molar-refractivity contribution < 1.29 is 13.2 Å². The van der Waals surface area contributed by atoms with Gasteiger partial charge >= 0.3 is 0 Å². The number of nitrogens with one attached hydrogen (secondary N) is 1. The zero-order valence-electron chi connectivity index (χ0n) is 17.0. The molecule has 1 atom stereocenters. The number of hydrogen-bond acceptors (Lipinski definition) is 4. The molecule has 27 heavy (non-hydrogen) atoms. The molecule has 0 spiro atoms. The number of amides is 1. The lowest BCUT2D eigenvalue weighted by atomic mass is 10.1. The second-order valence-corrected chi connectivity index (χ2v) is 9.43. The molecule has 1 amide bonds. The number of benzene rings is 1. The van der Waals surface area contributed by atoms with Crippen LogP contribution in [0.5, 0.6) is 0 Å². The fraction of sp³-hybridized carbons (Fsp3) is 0.650. The summed E-state index contributed by atoms with van der Waals surface area (Å²) in [5.74, 6) is -0.264. The molecule has 1 aromatic rings. The van der Waals surface area contributed by atoms with E-state index in [2.05, 4.69) is 10.2 Å². The number of hydrogen-bond donors (Lipinski definition) is 1. The van der Waals surface area contributed by atoms with E-state index in [1.54, 1.807) is 6.92 Å². The predicted molar refractivity (Wildman–Crippen MR) is 111 cm³/mol. The van der Waals surface area contributed by atoms with Crippen LogP contribution in [-0.2, 0) is 14.8 Å². The van der Waals surface area contributed by atoms with E-state index < -0.39 is 16.1 Å². The van der Waals surface area contributed by atoms with Crippen LogP contribution < -0.4 is 9.62 Å². The van der Waals surface area contributed by atoms with Crippen molar-refractivity contribution in [1.29, 1.82) is 0 Å². The minimum atomic E-state index is -3.58. The number of aryl methyl sites for hydroxylation is 2. The second-order valence-electron chi connectivity index (χ2n) is 7.57. The van der Waals surface area contributed by atoms with Crippen LogP contribution in [0.1, 0.15) is 43.7 Å². The maximum atomic E-state index is 12.6. The SMILES string of the molecule is Cc1ccc(C)c(N(C(C)C(=O)NCCCN2CCCCC2)S(C)(=O)=O)c1. The first kappa shape index (κ1) is 21.7. The van der Waals surface area contributed by atoms with Crippen molar-refractivity contribution in [2.45, 2.75) is 52.5 Å². The van der Waals surface area contributed by atoms with Gasteiger partial charge in [0.15, 0.2) is 0 Å². The summed E-state index contributed by atoms with van der Waals surface area (Å²) in [4.78, 5) is 15.0. The summed E-state index contributed by atoms with van der Waals surface area (Å²) in [5.41, 5.74) is 2.35. The number of rotatable bonds is 8. The van der Waals surface area contributed by atoms with Crippen LogP contribution in [0.4, 0.5) is 5.69 Å². The number of carbonyl (C=O) groups is 1. The molecule has 1 aromatic carbocycles. The molecule has 0 aromatic heterocycles. The minimum absolute atomic E-state index is 0.264. The minimum Gasteiger partial charge on any atom is -0.354 e. The average Bonchev–Trinajstić information content (AvgIpc) is 2.61. The summed E-state index contributed by atoms with van der Waals surface area (Å²) in [5, 5.41) is 2.91. The third-order valence-electron chi connectivity index (χ3n) is 5.09. The van der Waals surface area contributed by atoms with E-state index in [1.807, 2.05) is 32.0 Å². The van der Waals surface area contributed by atoms with Gasteiger partial charge < -0.3 is 10.2 Å². The number of nitrogens with zero attached hydrogens (tertiary/aromatic N) is 2. The molecule has 0 saturated carbocycles. The summed E-state index contributed by atoms with van der Waals surface area (Å²) in [6, 6.07) is 4.84. The van der Waals surface area contributed by atoms with Gasteiger partial charge in [-0.25, -0.2) is 8.42 Å². The van der Waals surface area contributed by atoms with Gasteiger partial charge in [0.05, 0.1) is 11.9 Å². The van der Waals surface area contributed by atoms with Gasteiger partial charge in [0.2, 0.25) is 15.9 Å². The van der Waals surface area contributed by atoms with E-state index in [1.165, 1.54) is 23.6 Å². The zero-order chi connectivity index (χ0) is 20.0. The molecule has 1 aliphatic heterocycles. The molecule has 0 bridgehead atoms. The Bertz CT molecular complexity index is 743. The second kappa shape index (κ2) is 9.55. The summed E-state index contributed by atoms with van der Waals surface area (Å²) in [7, 11) is -3.58. The molecule has 0 radical (unpaired) electrons. The van der Waals surface area contributed by atoms with Gasteiger partial charge in [-0.15, -0.1) is 0 Å². The molecule has 6 nitrogen and oxygen atoms in total. The Morgan fingerprint density at radius 1 is 1.22 bits per heavy atom. The number of sulfonamides is 1. The highest BCUT2D eigenvalue weighted by Crippen LogP contribution is 2.26. The Morgan fingerprint density at radius 2 is 1.89 bits per heavy atom. The molecule has 152 valence electrons. The maximum absolute atomic E-state index is 12.6. The molecule has 1 saturated heterocycles. The van der Waals surface area contributed by atoms with Crippen molar-refractivity contribution in [2.75, 3.05) is 36.7 Å². The van der Waals surface area contributed by atoms with E-state index in [0.717, 1.165) is 43.4 Å². The normalized spacial score (nSPS) is 16.7. The highest BCUT2D eigenvalue weighted by atomic mass is 32.2. The van der Waals surface area contributed by atoms with Crippen molar-refractivity contribution >= 4 is 21.6 Å². The first-order valence-electron chi connectivity index (χ1n) is 9.77. The maximum Gasteiger partial charge on any atom is 0.243 e. The third-order valence-corrected chi connectivity index (χ3v) is 6.32. The van der Waals surface area contributed by atoms with Gasteiger partial charge in [0, 0.05) is 6.54 Å². The number of likely N-dealkylation sites (tertiary alicyclic amines) is 1. The standard InChI is InChI=1S/C20H33N3O3S/c1-16-9-10-17(2)19(15-16)23(27(4,25)26)18(3)20(24)21-11-8-14-22-12-6-5-7-13-22/h9-10,15,18H,5-8,11-14H2,1-4H3,(H,21,24). The number of anilines is 1. The van der Waals surface area contributed by atoms with Crippen molar-refractivity contribution in [3.05, 3.63) is 29.3 Å². The Labute approximate surface area is 164 Å². The molecule has 7 heteroatoms. The van der Waals surface area contributed by atoms with E-state index in [4.69, 9.17) is 0 Å². The topological polar surface area (TPSA) is 69.7 Å². The molecular weight excluding hydrogens is 362 g/mol. The van der Waals surface area contributed by atoms with Gasteiger partial charge in [-0.3, -0.25) is 9.10 Å². The fourth-order valence-corrected chi connectivity index (χ4v) is 4.81. The first-order valence-corrected chi connectivity index (χ1v) is 11.6. The summed E-state index contributed by atoms with van der Waals surface area (Å²) in [6.07, 6.45) is 5.84. The van der Waals surface area contributed by atoms with E-state index in [-0.39, 0.29) is 5.91 Å². The lowest BCUT2D eigenvalue weighted by Gasteiger charge is -2.30. The molecule has 1 unspecified atom stereocenters. The fourth-order valence-electron chi connectivity index (χ4n) is 3.58. The zero-order valence-corrected chi connectivity index (χ0v) is 17.8. The van der Waals surface area contributed by atoms with Gasteiger partial charge in [-0.2, -0.15) is 0 Å². The highest BCUT2D eigenvalue weighted by Gasteiger charge is 2.30. The molecular formula is C20H33N3O3S. The van der Waals surface area contributed by atoms with Crippen molar-refractivity contribution in [1.82, 2.24) is 10.2 Å². The number of carbonyl (C=O) groups excluding carboxylic acids is 1. The summed E-state index contributed by atoms with van der Waals surface area (Å²) >= 11 is 0. The van der Waals surface area contributed by atoms with Crippen molar-refractivity contribution in [3.63, 3.8) is 0 Å². The lowest BCUT2D eigenvalue weighted by Crippen LogP contribution is -2.48. The Kier molecular flexibility index (Phi) is 7.68. The van der Waals surface area contributed by atoms with Gasteiger partial charge in [0.1, 0.15) is 6.04 Å². The van der Waals surface area contributed by atoms with Crippen LogP contribution in [0, 0.1) is 13.8 Å².